The van der Waals surface area contributed by atoms with Crippen LogP contribution in [0.2, 0.25) is 0 Å². The van der Waals surface area contributed by atoms with Gasteiger partial charge in [-0.1, -0.05) is 37.6 Å². The molecule has 6 heteroatoms. The molecule has 1 aromatic heterocycles. The maximum Gasteiger partial charge on any atom is 0.338 e. The van der Waals surface area contributed by atoms with Crippen LogP contribution in [0.5, 0.6) is 5.75 Å². The monoisotopic (exact) mass is 391 g/mol. The molecule has 1 aliphatic rings. The Morgan fingerprint density at radius 3 is 2.76 bits per heavy atom. The fraction of sp³-hybridized carbons (Fsp3) is 0.304. The van der Waals surface area contributed by atoms with Crippen molar-refractivity contribution in [1.82, 2.24) is 9.55 Å². The van der Waals surface area contributed by atoms with Crippen LogP contribution in [0.3, 0.4) is 0 Å². The Labute approximate surface area is 170 Å². The summed E-state index contributed by atoms with van der Waals surface area (Å²) in [5.74, 6) is 1.17. The predicted molar refractivity (Wildman–Crippen MR) is 113 cm³/mol. The number of fused-ring (bicyclic) bond motifs is 3. The van der Waals surface area contributed by atoms with Crippen molar-refractivity contribution in [3.63, 3.8) is 0 Å². The van der Waals surface area contributed by atoms with Crippen molar-refractivity contribution in [3.05, 3.63) is 65.4 Å². The summed E-state index contributed by atoms with van der Waals surface area (Å²) in [6, 6.07) is 15.4. The molecule has 150 valence electrons. The summed E-state index contributed by atoms with van der Waals surface area (Å²) in [5, 5.41) is 3.40. The van der Waals surface area contributed by atoms with E-state index >= 15 is 0 Å². The van der Waals surface area contributed by atoms with E-state index < -0.39 is 0 Å². The van der Waals surface area contributed by atoms with Crippen LogP contribution in [0.4, 0.5) is 5.95 Å². The third-order valence-corrected chi connectivity index (χ3v) is 5.12. The van der Waals surface area contributed by atoms with E-state index in [9.17, 15) is 4.79 Å². The van der Waals surface area contributed by atoms with Crippen molar-refractivity contribution in [1.29, 1.82) is 0 Å². The van der Waals surface area contributed by atoms with Crippen molar-refractivity contribution < 1.29 is 14.3 Å². The fourth-order valence-corrected chi connectivity index (χ4v) is 3.91. The van der Waals surface area contributed by atoms with E-state index in [1.54, 1.807) is 7.11 Å². The smallest absolute Gasteiger partial charge is 0.338 e. The molecular weight excluding hydrogens is 366 g/mol. The molecule has 0 aliphatic carbocycles. The number of carbonyl (C=O) groups is 1. The second kappa shape index (κ2) is 7.99. The number of hydrogen-bond donors (Lipinski definition) is 1. The fourth-order valence-electron chi connectivity index (χ4n) is 3.91. The highest BCUT2D eigenvalue weighted by molar-refractivity contribution is 5.94. The van der Waals surface area contributed by atoms with Crippen LogP contribution in [-0.4, -0.2) is 29.2 Å². The predicted octanol–water partition coefficient (Wildman–Crippen LogP) is 4.68. The molecule has 0 bridgehead atoms. The van der Waals surface area contributed by atoms with Gasteiger partial charge in [0.05, 0.1) is 36.4 Å². The minimum Gasteiger partial charge on any atom is -0.497 e. The van der Waals surface area contributed by atoms with Gasteiger partial charge in [0.2, 0.25) is 5.95 Å². The van der Waals surface area contributed by atoms with Crippen LogP contribution in [0.25, 0.3) is 11.0 Å². The number of ether oxygens (including phenoxy) is 2. The van der Waals surface area contributed by atoms with Crippen molar-refractivity contribution in [2.75, 3.05) is 19.0 Å². The summed E-state index contributed by atoms with van der Waals surface area (Å²) in [7, 11) is 1.64. The molecule has 0 spiro atoms. The number of anilines is 1. The third-order valence-electron chi connectivity index (χ3n) is 5.12. The number of methoxy groups -OCH3 is 1. The van der Waals surface area contributed by atoms with Gasteiger partial charge in [-0.3, -0.25) is 4.57 Å². The molecule has 0 radical (unpaired) electrons. The van der Waals surface area contributed by atoms with Crippen molar-refractivity contribution in [2.45, 2.75) is 32.7 Å². The number of allylic oxidation sites excluding steroid dienone is 1. The summed E-state index contributed by atoms with van der Waals surface area (Å²) >= 11 is 0. The van der Waals surface area contributed by atoms with Crippen LogP contribution >= 0.6 is 0 Å². The second-order valence-corrected chi connectivity index (χ2v) is 6.96. The highest BCUT2D eigenvalue weighted by Crippen LogP contribution is 2.41. The number of hydrogen-bond acceptors (Lipinski definition) is 5. The first-order valence-electron chi connectivity index (χ1n) is 9.96. The van der Waals surface area contributed by atoms with E-state index in [0.717, 1.165) is 46.8 Å². The van der Waals surface area contributed by atoms with Gasteiger partial charge in [-0.25, -0.2) is 9.78 Å². The topological polar surface area (TPSA) is 65.4 Å². The van der Waals surface area contributed by atoms with Crippen LogP contribution < -0.4 is 10.1 Å². The Hall–Kier alpha value is -3.28. The number of carbonyl (C=O) groups excluding carboxylic acids is 1. The zero-order chi connectivity index (χ0) is 20.4. The van der Waals surface area contributed by atoms with Gasteiger partial charge in [-0.15, -0.1) is 0 Å². The maximum absolute atomic E-state index is 13.1. The molecule has 0 amide bonds. The number of esters is 1. The van der Waals surface area contributed by atoms with Gasteiger partial charge in [0, 0.05) is 5.70 Å². The lowest BCUT2D eigenvalue weighted by Crippen LogP contribution is -2.29. The highest BCUT2D eigenvalue weighted by atomic mass is 16.5. The molecule has 1 N–H and O–H groups in total. The lowest BCUT2D eigenvalue weighted by molar-refractivity contribution is -0.139. The molecule has 29 heavy (non-hydrogen) atoms. The second-order valence-electron chi connectivity index (χ2n) is 6.96. The minimum absolute atomic E-state index is 0.306. The lowest BCUT2D eigenvalue weighted by atomic mass is 9.93. The van der Waals surface area contributed by atoms with Gasteiger partial charge < -0.3 is 14.8 Å². The standard InChI is InChI=1S/C23H25N3O3/c1-4-9-18-20(22(27)29-5-2)21(15-10-8-11-16(14-15)28-3)26-19-13-7-6-12-17(19)24-23(26)25-18/h6-8,10-14,21H,4-5,9H2,1-3H3,(H,24,25)/t21-/m0/s1. The van der Waals surface area contributed by atoms with E-state index in [0.29, 0.717) is 12.2 Å². The van der Waals surface area contributed by atoms with Gasteiger partial charge >= 0.3 is 5.97 Å². The zero-order valence-corrected chi connectivity index (χ0v) is 16.9. The molecule has 1 aliphatic heterocycles. The molecule has 4 rings (SSSR count). The van der Waals surface area contributed by atoms with Gasteiger partial charge in [-0.05, 0) is 43.2 Å². The summed E-state index contributed by atoms with van der Waals surface area (Å²) in [4.78, 5) is 17.9. The molecule has 2 heterocycles. The van der Waals surface area contributed by atoms with E-state index in [1.165, 1.54) is 0 Å². The number of imidazole rings is 1. The van der Waals surface area contributed by atoms with Gasteiger partial charge in [0.25, 0.3) is 0 Å². The molecule has 2 aromatic carbocycles. The van der Waals surface area contributed by atoms with Crippen LogP contribution in [-0.2, 0) is 9.53 Å². The average Bonchev–Trinajstić information content (AvgIpc) is 3.11. The van der Waals surface area contributed by atoms with Gasteiger partial charge in [0.15, 0.2) is 0 Å². The minimum atomic E-state index is -0.352. The Kier molecular flexibility index (Phi) is 5.25. The molecule has 0 saturated carbocycles. The number of nitrogens with zero attached hydrogens (tertiary/aromatic N) is 2. The summed E-state index contributed by atoms with van der Waals surface area (Å²) in [5.41, 5.74) is 4.27. The molecule has 0 saturated heterocycles. The lowest BCUT2D eigenvalue weighted by Gasteiger charge is -2.31. The Balaban J connectivity index is 1.99. The van der Waals surface area contributed by atoms with Gasteiger partial charge in [-0.2, -0.15) is 0 Å². The van der Waals surface area contributed by atoms with Crippen LogP contribution in [0.15, 0.2) is 59.8 Å². The molecular formula is C23H25N3O3. The molecule has 1 atom stereocenters. The molecule has 6 nitrogen and oxygen atoms in total. The Morgan fingerprint density at radius 1 is 1.17 bits per heavy atom. The maximum atomic E-state index is 13.1. The third kappa shape index (κ3) is 3.35. The normalized spacial score (nSPS) is 15.8. The quantitative estimate of drug-likeness (QED) is 0.618. The van der Waals surface area contributed by atoms with Crippen molar-refractivity contribution >= 4 is 23.0 Å². The van der Waals surface area contributed by atoms with E-state index in [2.05, 4.69) is 16.8 Å². The molecule has 0 fully saturated rings. The summed E-state index contributed by atoms with van der Waals surface area (Å²) in [6.07, 6.45) is 1.63. The summed E-state index contributed by atoms with van der Waals surface area (Å²) < 4.78 is 13.0. The number of benzene rings is 2. The number of rotatable bonds is 6. The largest absolute Gasteiger partial charge is 0.497 e. The average molecular weight is 391 g/mol. The van der Waals surface area contributed by atoms with Crippen LogP contribution in [0.1, 0.15) is 38.3 Å². The van der Waals surface area contributed by atoms with Crippen molar-refractivity contribution in [2.24, 2.45) is 0 Å². The number of aromatic nitrogens is 2. The summed E-state index contributed by atoms with van der Waals surface area (Å²) in [6.45, 7) is 4.24. The Bertz CT molecular complexity index is 1080. The first-order chi connectivity index (χ1) is 14.2. The van der Waals surface area contributed by atoms with Gasteiger partial charge in [0.1, 0.15) is 5.75 Å². The first-order valence-corrected chi connectivity index (χ1v) is 9.96. The number of nitrogens with one attached hydrogen (secondary N) is 1. The van der Waals surface area contributed by atoms with E-state index in [1.807, 2.05) is 55.5 Å². The first kappa shape index (κ1) is 19.1. The van der Waals surface area contributed by atoms with E-state index in [4.69, 9.17) is 14.5 Å². The molecule has 3 aromatic rings. The van der Waals surface area contributed by atoms with E-state index in [-0.39, 0.29) is 12.0 Å². The van der Waals surface area contributed by atoms with Crippen molar-refractivity contribution in [3.8, 4) is 5.75 Å². The highest BCUT2D eigenvalue weighted by Gasteiger charge is 2.36. The van der Waals surface area contributed by atoms with Crippen LogP contribution in [0, 0.1) is 0 Å². The zero-order valence-electron chi connectivity index (χ0n) is 16.9. The Morgan fingerprint density at radius 2 is 2.00 bits per heavy atom. The number of para-hydroxylation sites is 2. The SMILES string of the molecule is CCCC1=C(C(=O)OCC)[C@H](c2cccc(OC)c2)n2c(nc3ccccc32)N1. The molecule has 0 unspecified atom stereocenters.